The summed E-state index contributed by atoms with van der Waals surface area (Å²) in [6.45, 7) is 10.3. The highest BCUT2D eigenvalue weighted by molar-refractivity contribution is 6.30. The highest BCUT2D eigenvalue weighted by atomic mass is 35.5. The van der Waals surface area contributed by atoms with Crippen molar-refractivity contribution in [2.45, 2.75) is 20.8 Å². The van der Waals surface area contributed by atoms with Crippen molar-refractivity contribution in [3.8, 4) is 0 Å². The molecule has 3 rings (SSSR count). The molecule has 1 aromatic carbocycles. The molecule has 2 heterocycles. The number of benzene rings is 1. The molecule has 1 N–H and O–H groups in total. The summed E-state index contributed by atoms with van der Waals surface area (Å²) < 4.78 is 0. The number of aryl methyl sites for hydroxylation is 2. The van der Waals surface area contributed by atoms with Crippen LogP contribution in [0.4, 0.5) is 11.6 Å². The van der Waals surface area contributed by atoms with Gasteiger partial charge in [-0.2, -0.15) is 0 Å². The fourth-order valence-electron chi connectivity index (χ4n) is 3.01. The molecule has 0 spiro atoms. The van der Waals surface area contributed by atoms with E-state index in [0.717, 1.165) is 49.7 Å². The van der Waals surface area contributed by atoms with E-state index in [1.807, 2.05) is 36.9 Å². The van der Waals surface area contributed by atoms with Crippen molar-refractivity contribution >= 4 is 29.1 Å². The van der Waals surface area contributed by atoms with Gasteiger partial charge in [-0.1, -0.05) is 24.6 Å². The van der Waals surface area contributed by atoms with Gasteiger partial charge in [0.05, 0.1) is 0 Å². The zero-order chi connectivity index (χ0) is 18.7. The molecule has 26 heavy (non-hydrogen) atoms. The second-order valence-corrected chi connectivity index (χ2v) is 6.97. The predicted octanol–water partition coefficient (Wildman–Crippen LogP) is 3.27. The van der Waals surface area contributed by atoms with Crippen LogP contribution in [0.15, 0.2) is 24.3 Å². The number of nitrogens with one attached hydrogen (secondary N) is 1. The van der Waals surface area contributed by atoms with E-state index in [9.17, 15) is 4.79 Å². The summed E-state index contributed by atoms with van der Waals surface area (Å²) in [4.78, 5) is 25.9. The highest BCUT2D eigenvalue weighted by Gasteiger charge is 2.23. The number of anilines is 2. The molecule has 1 fully saturated rings. The number of hydrogen-bond acceptors (Lipinski definition) is 5. The molecule has 1 aromatic heterocycles. The lowest BCUT2D eigenvalue weighted by molar-refractivity contribution is 0.0637. The van der Waals surface area contributed by atoms with Crippen molar-refractivity contribution in [1.82, 2.24) is 19.8 Å². The van der Waals surface area contributed by atoms with Crippen LogP contribution in [0.25, 0.3) is 0 Å². The summed E-state index contributed by atoms with van der Waals surface area (Å²) in [6, 6.07) is 7.34. The number of aromatic nitrogens is 2. The van der Waals surface area contributed by atoms with Crippen LogP contribution >= 0.6 is 11.6 Å². The maximum absolute atomic E-state index is 12.8. The molecule has 0 saturated carbocycles. The average Bonchev–Trinajstić information content (AvgIpc) is 2.64. The number of halogens is 1. The van der Waals surface area contributed by atoms with Gasteiger partial charge in [0.2, 0.25) is 5.95 Å². The van der Waals surface area contributed by atoms with Gasteiger partial charge in [-0.25, -0.2) is 9.97 Å². The average molecular weight is 374 g/mol. The molecule has 7 heteroatoms. The van der Waals surface area contributed by atoms with E-state index in [1.54, 1.807) is 6.07 Å². The fraction of sp³-hybridized carbons (Fsp3) is 0.421. The lowest BCUT2D eigenvalue weighted by Crippen LogP contribution is -2.48. The van der Waals surface area contributed by atoms with Crippen molar-refractivity contribution in [2.24, 2.45) is 0 Å². The maximum atomic E-state index is 12.8. The zero-order valence-electron chi connectivity index (χ0n) is 15.4. The van der Waals surface area contributed by atoms with E-state index >= 15 is 0 Å². The van der Waals surface area contributed by atoms with E-state index in [4.69, 9.17) is 11.6 Å². The minimum atomic E-state index is -0.0443. The van der Waals surface area contributed by atoms with Crippen LogP contribution in [0.5, 0.6) is 0 Å². The second kappa shape index (κ2) is 8.01. The maximum Gasteiger partial charge on any atom is 0.272 e. The van der Waals surface area contributed by atoms with Crippen LogP contribution in [0, 0.1) is 13.8 Å². The Bertz CT molecular complexity index is 803. The van der Waals surface area contributed by atoms with Gasteiger partial charge in [0.25, 0.3) is 5.91 Å². The van der Waals surface area contributed by atoms with E-state index in [2.05, 4.69) is 27.1 Å². The molecule has 1 aliphatic heterocycles. The summed E-state index contributed by atoms with van der Waals surface area (Å²) in [5.41, 5.74) is 3.03. The first-order chi connectivity index (χ1) is 12.5. The van der Waals surface area contributed by atoms with Gasteiger partial charge in [0.15, 0.2) is 0 Å². The van der Waals surface area contributed by atoms with Gasteiger partial charge in [-0.3, -0.25) is 4.79 Å². The molecule has 1 aliphatic rings. The first-order valence-corrected chi connectivity index (χ1v) is 9.24. The van der Waals surface area contributed by atoms with Crippen LogP contribution < -0.4 is 5.32 Å². The molecule has 2 aromatic rings. The summed E-state index contributed by atoms with van der Waals surface area (Å²) >= 11 is 6.08. The number of nitrogens with zero attached hydrogens (tertiary/aromatic N) is 4. The molecule has 0 unspecified atom stereocenters. The molecule has 1 amide bonds. The number of piperazine rings is 1. The summed E-state index contributed by atoms with van der Waals surface area (Å²) in [6.07, 6.45) is 0. The van der Waals surface area contributed by atoms with Gasteiger partial charge in [-0.15, -0.1) is 0 Å². The summed E-state index contributed by atoms with van der Waals surface area (Å²) in [5, 5.41) is 3.82. The first kappa shape index (κ1) is 18.6. The molecule has 0 aliphatic carbocycles. The van der Waals surface area contributed by atoms with E-state index in [1.165, 1.54) is 0 Å². The lowest BCUT2D eigenvalue weighted by atomic mass is 10.2. The normalized spacial score (nSPS) is 15.2. The Kier molecular flexibility index (Phi) is 5.74. The summed E-state index contributed by atoms with van der Waals surface area (Å²) in [7, 11) is 0. The van der Waals surface area contributed by atoms with Crippen molar-refractivity contribution in [3.05, 3.63) is 46.2 Å². The minimum absolute atomic E-state index is 0.0443. The lowest BCUT2D eigenvalue weighted by Gasteiger charge is -2.33. The highest BCUT2D eigenvalue weighted by Crippen LogP contribution is 2.23. The zero-order valence-corrected chi connectivity index (χ0v) is 16.2. The topological polar surface area (TPSA) is 61.4 Å². The van der Waals surface area contributed by atoms with Crippen molar-refractivity contribution < 1.29 is 4.79 Å². The molecule has 0 bridgehead atoms. The van der Waals surface area contributed by atoms with Gasteiger partial charge >= 0.3 is 0 Å². The molecular formula is C19H24ClN5O. The quantitative estimate of drug-likeness (QED) is 0.891. The molecule has 1 saturated heterocycles. The largest absolute Gasteiger partial charge is 0.335 e. The van der Waals surface area contributed by atoms with Crippen molar-refractivity contribution in [2.75, 3.05) is 38.0 Å². The van der Waals surface area contributed by atoms with E-state index in [-0.39, 0.29) is 5.91 Å². The Morgan fingerprint density at radius 3 is 2.58 bits per heavy atom. The Hall–Kier alpha value is -2.18. The number of hydrogen-bond donors (Lipinski definition) is 1. The number of amides is 1. The molecule has 0 atom stereocenters. The van der Waals surface area contributed by atoms with E-state index in [0.29, 0.717) is 16.7 Å². The third-order valence-corrected chi connectivity index (χ3v) is 4.86. The Morgan fingerprint density at radius 1 is 1.15 bits per heavy atom. The standard InChI is InChI=1S/C19H24ClN5O/c1-4-24-7-9-25(10-8-24)18(26)17-11-14(3)21-19(23-17)22-16-12-15(20)6-5-13(16)2/h5-6,11-12H,4,7-10H2,1-3H3,(H,21,22,23). The SMILES string of the molecule is CCN1CCN(C(=O)c2cc(C)nc(Nc3cc(Cl)ccc3C)n2)CC1. The number of rotatable bonds is 4. The van der Waals surface area contributed by atoms with Gasteiger partial charge in [0, 0.05) is 42.6 Å². The second-order valence-electron chi connectivity index (χ2n) is 6.53. The molecule has 6 nitrogen and oxygen atoms in total. The van der Waals surface area contributed by atoms with Crippen LogP contribution in [0.3, 0.4) is 0 Å². The number of carbonyl (C=O) groups excluding carboxylic acids is 1. The summed E-state index contributed by atoms with van der Waals surface area (Å²) in [5.74, 6) is 0.364. The smallest absolute Gasteiger partial charge is 0.272 e. The van der Waals surface area contributed by atoms with Crippen LogP contribution in [-0.4, -0.2) is 58.4 Å². The Balaban J connectivity index is 1.79. The monoisotopic (exact) mass is 373 g/mol. The van der Waals surface area contributed by atoms with Crippen molar-refractivity contribution in [1.29, 1.82) is 0 Å². The Labute approximate surface area is 159 Å². The third kappa shape index (κ3) is 4.31. The van der Waals surface area contributed by atoms with Gasteiger partial charge in [0.1, 0.15) is 5.69 Å². The van der Waals surface area contributed by atoms with Crippen LogP contribution in [0.1, 0.15) is 28.7 Å². The number of likely N-dealkylation sites (N-methyl/N-ethyl adjacent to an activating group) is 1. The number of carbonyl (C=O) groups is 1. The van der Waals surface area contributed by atoms with Crippen molar-refractivity contribution in [3.63, 3.8) is 0 Å². The van der Waals surface area contributed by atoms with E-state index < -0.39 is 0 Å². The van der Waals surface area contributed by atoms with Gasteiger partial charge in [-0.05, 0) is 44.2 Å². The van der Waals surface area contributed by atoms with Crippen LogP contribution in [0.2, 0.25) is 5.02 Å². The Morgan fingerprint density at radius 2 is 1.88 bits per heavy atom. The minimum Gasteiger partial charge on any atom is -0.335 e. The van der Waals surface area contributed by atoms with Gasteiger partial charge < -0.3 is 15.1 Å². The fourth-order valence-corrected chi connectivity index (χ4v) is 3.18. The molecule has 0 radical (unpaired) electrons. The van der Waals surface area contributed by atoms with Crippen LogP contribution in [-0.2, 0) is 0 Å². The third-order valence-electron chi connectivity index (χ3n) is 4.63. The predicted molar refractivity (Wildman–Crippen MR) is 104 cm³/mol. The molecule has 138 valence electrons. The molecular weight excluding hydrogens is 350 g/mol. The first-order valence-electron chi connectivity index (χ1n) is 8.86.